The van der Waals surface area contributed by atoms with E-state index in [1.165, 1.54) is 11.8 Å². The first kappa shape index (κ1) is 18.5. The third-order valence-corrected chi connectivity index (χ3v) is 6.12. The molecule has 2 N–H and O–H groups in total. The van der Waals surface area contributed by atoms with Gasteiger partial charge in [-0.15, -0.1) is 10.2 Å². The third kappa shape index (κ3) is 3.57. The van der Waals surface area contributed by atoms with Gasteiger partial charge >= 0.3 is 0 Å². The van der Waals surface area contributed by atoms with Crippen molar-refractivity contribution in [3.05, 3.63) is 90.4 Å². The van der Waals surface area contributed by atoms with Crippen molar-refractivity contribution in [2.45, 2.75) is 23.0 Å². The predicted octanol–water partition coefficient (Wildman–Crippen LogP) is 3.61. The summed E-state index contributed by atoms with van der Waals surface area (Å²) in [7, 11) is 0. The molecule has 4 aromatic rings. The Bertz CT molecular complexity index is 1130. The summed E-state index contributed by atoms with van der Waals surface area (Å²) in [6, 6.07) is 23.2. The summed E-state index contributed by atoms with van der Waals surface area (Å²) in [5.74, 6) is 1.34. The normalized spacial score (nSPS) is 17.7. The molecule has 8 heteroatoms. The Hall–Kier alpha value is -3.52. The number of carbonyl (C=O) groups is 1. The Morgan fingerprint density at radius 2 is 1.80 bits per heavy atom. The van der Waals surface area contributed by atoms with E-state index in [1.807, 2.05) is 71.4 Å². The van der Waals surface area contributed by atoms with Crippen LogP contribution in [0.5, 0.6) is 0 Å². The van der Waals surface area contributed by atoms with Crippen LogP contribution in [0.1, 0.15) is 17.4 Å². The van der Waals surface area contributed by atoms with Gasteiger partial charge in [0.25, 0.3) is 0 Å². The van der Waals surface area contributed by atoms with Crippen LogP contribution in [0.15, 0.2) is 88.6 Å². The van der Waals surface area contributed by atoms with Gasteiger partial charge in [-0.3, -0.25) is 4.79 Å². The highest BCUT2D eigenvalue weighted by atomic mass is 32.2. The topological polar surface area (TPSA) is 85.0 Å². The molecule has 2 aromatic carbocycles. The lowest BCUT2D eigenvalue weighted by atomic mass is 10.0. The highest BCUT2D eigenvalue weighted by Gasteiger charge is 2.37. The van der Waals surface area contributed by atoms with Crippen LogP contribution >= 0.6 is 11.8 Å². The molecule has 3 heterocycles. The van der Waals surface area contributed by atoms with E-state index in [-0.39, 0.29) is 11.9 Å². The molecular formula is C22H19N5O2S. The van der Waals surface area contributed by atoms with E-state index in [4.69, 9.17) is 4.42 Å². The van der Waals surface area contributed by atoms with Crippen molar-refractivity contribution in [2.24, 2.45) is 0 Å². The van der Waals surface area contributed by atoms with Crippen molar-refractivity contribution >= 4 is 17.7 Å². The molecule has 0 bridgehead atoms. The summed E-state index contributed by atoms with van der Waals surface area (Å²) in [6.45, 7) is 0.340. The molecule has 0 saturated heterocycles. The van der Waals surface area contributed by atoms with E-state index in [0.717, 1.165) is 11.1 Å². The van der Waals surface area contributed by atoms with Gasteiger partial charge in [-0.25, -0.2) is 4.68 Å². The van der Waals surface area contributed by atoms with Crippen LogP contribution in [0.2, 0.25) is 0 Å². The summed E-state index contributed by atoms with van der Waals surface area (Å²) < 4.78 is 7.20. The predicted molar refractivity (Wildman–Crippen MR) is 114 cm³/mol. The lowest BCUT2D eigenvalue weighted by Crippen LogP contribution is -2.43. The van der Waals surface area contributed by atoms with E-state index >= 15 is 0 Å². The maximum atomic E-state index is 13.1. The van der Waals surface area contributed by atoms with Gasteiger partial charge in [0.15, 0.2) is 5.82 Å². The number of thioether (sulfide) groups is 1. The number of carbonyl (C=O) groups excluding carboxylic acids is 1. The molecule has 0 fully saturated rings. The SMILES string of the molecule is O=C(NCc1ccco1)[C@@H]1Sc2nnc(-c3ccccc3)n2N[C@H]1c1ccccc1. The zero-order chi connectivity index (χ0) is 20.3. The fourth-order valence-electron chi connectivity index (χ4n) is 3.43. The van der Waals surface area contributed by atoms with E-state index < -0.39 is 5.25 Å². The zero-order valence-electron chi connectivity index (χ0n) is 15.9. The number of hydrogen-bond acceptors (Lipinski definition) is 6. The van der Waals surface area contributed by atoms with Gasteiger partial charge in [-0.05, 0) is 17.7 Å². The molecule has 0 saturated carbocycles. The molecule has 5 rings (SSSR count). The highest BCUT2D eigenvalue weighted by molar-refractivity contribution is 8.00. The van der Waals surface area contributed by atoms with Crippen molar-refractivity contribution in [3.8, 4) is 11.4 Å². The van der Waals surface area contributed by atoms with Gasteiger partial charge in [0, 0.05) is 5.56 Å². The van der Waals surface area contributed by atoms with Gasteiger partial charge in [-0.1, -0.05) is 72.4 Å². The number of nitrogens with one attached hydrogen (secondary N) is 2. The molecule has 0 spiro atoms. The van der Waals surface area contributed by atoms with Crippen molar-refractivity contribution in [1.29, 1.82) is 0 Å². The molecule has 1 amide bonds. The number of fused-ring (bicyclic) bond motifs is 1. The fourth-order valence-corrected chi connectivity index (χ4v) is 4.53. The summed E-state index contributed by atoms with van der Waals surface area (Å²) in [6.07, 6.45) is 1.60. The number of rotatable bonds is 5. The first-order valence-corrected chi connectivity index (χ1v) is 10.5. The van der Waals surface area contributed by atoms with Crippen molar-refractivity contribution in [2.75, 3.05) is 5.43 Å². The number of furan rings is 1. The Balaban J connectivity index is 1.46. The maximum Gasteiger partial charge on any atom is 0.236 e. The molecule has 0 aliphatic carbocycles. The molecule has 2 aromatic heterocycles. The van der Waals surface area contributed by atoms with E-state index in [1.54, 1.807) is 12.3 Å². The molecule has 0 unspecified atom stereocenters. The molecule has 7 nitrogen and oxygen atoms in total. The van der Waals surface area contributed by atoms with Crippen LogP contribution in [0.3, 0.4) is 0 Å². The molecule has 1 aliphatic rings. The van der Waals surface area contributed by atoms with E-state index in [9.17, 15) is 4.79 Å². The number of nitrogens with zero attached hydrogens (tertiary/aromatic N) is 3. The average molecular weight is 417 g/mol. The van der Waals surface area contributed by atoms with Crippen molar-refractivity contribution in [3.63, 3.8) is 0 Å². The Kier molecular flexibility index (Phi) is 4.98. The van der Waals surface area contributed by atoms with Crippen LogP contribution in [-0.4, -0.2) is 26.0 Å². The third-order valence-electron chi connectivity index (χ3n) is 4.90. The first-order chi connectivity index (χ1) is 14.8. The minimum atomic E-state index is -0.414. The summed E-state index contributed by atoms with van der Waals surface area (Å²) >= 11 is 1.40. The fraction of sp³-hybridized carbons (Fsp3) is 0.136. The molecule has 1 aliphatic heterocycles. The second kappa shape index (κ2) is 8.08. The van der Waals surface area contributed by atoms with E-state index in [0.29, 0.717) is 23.3 Å². The van der Waals surface area contributed by atoms with Crippen LogP contribution < -0.4 is 10.7 Å². The average Bonchev–Trinajstić information content (AvgIpc) is 3.47. The van der Waals surface area contributed by atoms with Gasteiger partial charge in [-0.2, -0.15) is 0 Å². The number of amides is 1. The molecule has 0 radical (unpaired) electrons. The lowest BCUT2D eigenvalue weighted by Gasteiger charge is -2.32. The Labute approximate surface area is 177 Å². The molecular weight excluding hydrogens is 398 g/mol. The second-order valence-electron chi connectivity index (χ2n) is 6.86. The molecule has 2 atom stereocenters. The number of benzene rings is 2. The van der Waals surface area contributed by atoms with Crippen LogP contribution in [0.4, 0.5) is 0 Å². The smallest absolute Gasteiger partial charge is 0.236 e. The van der Waals surface area contributed by atoms with Gasteiger partial charge < -0.3 is 15.2 Å². The van der Waals surface area contributed by atoms with Crippen molar-refractivity contribution < 1.29 is 9.21 Å². The summed E-state index contributed by atoms with van der Waals surface area (Å²) in [5, 5.41) is 11.9. The number of hydrogen-bond donors (Lipinski definition) is 2. The van der Waals surface area contributed by atoms with Crippen LogP contribution in [0.25, 0.3) is 11.4 Å². The first-order valence-electron chi connectivity index (χ1n) is 9.58. The number of aromatic nitrogens is 3. The van der Waals surface area contributed by atoms with Gasteiger partial charge in [0.05, 0.1) is 18.8 Å². The maximum absolute atomic E-state index is 13.1. The monoisotopic (exact) mass is 417 g/mol. The van der Waals surface area contributed by atoms with Crippen LogP contribution in [-0.2, 0) is 11.3 Å². The molecule has 150 valence electrons. The zero-order valence-corrected chi connectivity index (χ0v) is 16.8. The minimum absolute atomic E-state index is 0.0896. The largest absolute Gasteiger partial charge is 0.467 e. The Morgan fingerprint density at radius 3 is 2.53 bits per heavy atom. The summed E-state index contributed by atoms with van der Waals surface area (Å²) in [5.41, 5.74) is 5.44. The highest BCUT2D eigenvalue weighted by Crippen LogP contribution is 2.38. The Morgan fingerprint density at radius 1 is 1.03 bits per heavy atom. The van der Waals surface area contributed by atoms with E-state index in [2.05, 4.69) is 20.9 Å². The standard InChI is InChI=1S/C22H19N5O2S/c28-21(23-14-17-12-7-13-29-17)19-18(15-8-3-1-4-9-15)26-27-20(24-25-22(27)30-19)16-10-5-2-6-11-16/h1-13,18-19,26H,14H2,(H,23,28)/t18-,19+/m0/s1. The van der Waals surface area contributed by atoms with Gasteiger partial charge in [0.2, 0.25) is 11.1 Å². The van der Waals surface area contributed by atoms with Crippen LogP contribution in [0, 0.1) is 0 Å². The summed E-state index contributed by atoms with van der Waals surface area (Å²) in [4.78, 5) is 13.1. The lowest BCUT2D eigenvalue weighted by molar-refractivity contribution is -0.121. The minimum Gasteiger partial charge on any atom is -0.467 e. The van der Waals surface area contributed by atoms with Crippen molar-refractivity contribution in [1.82, 2.24) is 20.2 Å². The molecule has 30 heavy (non-hydrogen) atoms. The quantitative estimate of drug-likeness (QED) is 0.516. The second-order valence-corrected chi connectivity index (χ2v) is 7.97. The van der Waals surface area contributed by atoms with Gasteiger partial charge in [0.1, 0.15) is 11.0 Å².